The summed E-state index contributed by atoms with van der Waals surface area (Å²) in [5.41, 5.74) is 1.67. The van der Waals surface area contributed by atoms with Crippen molar-refractivity contribution < 1.29 is 27.4 Å². The molecule has 4 nitrogen and oxygen atoms in total. The Morgan fingerprint density at radius 3 is 2.52 bits per heavy atom. The van der Waals surface area contributed by atoms with Gasteiger partial charge in [0.15, 0.2) is 5.69 Å². The number of thiophene rings is 1. The summed E-state index contributed by atoms with van der Waals surface area (Å²) in [6.07, 6.45) is -4.74. The molecule has 1 aromatic carbocycles. The molecule has 0 aliphatic carbocycles. The van der Waals surface area contributed by atoms with Crippen molar-refractivity contribution in [1.82, 2.24) is 4.98 Å². The number of benzene rings is 1. The van der Waals surface area contributed by atoms with Crippen LogP contribution in [0.1, 0.15) is 16.1 Å². The van der Waals surface area contributed by atoms with Gasteiger partial charge in [-0.15, -0.1) is 24.5 Å². The quantitative estimate of drug-likeness (QED) is 0.572. The normalized spacial score (nSPS) is 11.3. The largest absolute Gasteiger partial charge is 0.573 e. The van der Waals surface area contributed by atoms with Crippen molar-refractivity contribution in [3.8, 4) is 16.3 Å². The summed E-state index contributed by atoms with van der Waals surface area (Å²) in [6.45, 7) is -0.0730. The highest BCUT2D eigenvalue weighted by Gasteiger charge is 2.30. The second kappa shape index (κ2) is 7.24. The summed E-state index contributed by atoms with van der Waals surface area (Å²) in [7, 11) is 0. The van der Waals surface area contributed by atoms with Crippen LogP contribution in [0.3, 0.4) is 0 Å². The lowest BCUT2D eigenvalue weighted by atomic mass is 10.2. The average molecular weight is 385 g/mol. The van der Waals surface area contributed by atoms with Crippen LogP contribution in [0.4, 0.5) is 13.2 Å². The van der Waals surface area contributed by atoms with Crippen molar-refractivity contribution in [2.75, 3.05) is 0 Å². The highest BCUT2D eigenvalue weighted by molar-refractivity contribution is 7.14. The lowest BCUT2D eigenvalue weighted by Crippen LogP contribution is -2.17. The molecule has 0 radical (unpaired) electrons. The summed E-state index contributed by atoms with van der Waals surface area (Å²) < 4.78 is 45.2. The third kappa shape index (κ3) is 4.80. The summed E-state index contributed by atoms with van der Waals surface area (Å²) in [4.78, 5) is 16.2. The predicted molar refractivity (Wildman–Crippen MR) is 87.7 cm³/mol. The van der Waals surface area contributed by atoms with E-state index in [1.807, 2.05) is 16.8 Å². The summed E-state index contributed by atoms with van der Waals surface area (Å²) in [5, 5.41) is 6.18. The molecule has 9 heteroatoms. The maximum atomic E-state index is 12.1. The first-order valence-corrected chi connectivity index (χ1v) is 8.73. The van der Waals surface area contributed by atoms with Crippen LogP contribution in [0.2, 0.25) is 0 Å². The number of alkyl halides is 3. The van der Waals surface area contributed by atoms with Crippen LogP contribution < -0.4 is 4.74 Å². The van der Waals surface area contributed by atoms with Gasteiger partial charge >= 0.3 is 12.3 Å². The minimum absolute atomic E-state index is 0.0730. The van der Waals surface area contributed by atoms with Gasteiger partial charge in [0.2, 0.25) is 0 Å². The molecular formula is C16H10F3NO3S2. The second-order valence-electron chi connectivity index (χ2n) is 4.82. The predicted octanol–water partition coefficient (Wildman–Crippen LogP) is 5.13. The van der Waals surface area contributed by atoms with Crippen molar-refractivity contribution in [1.29, 1.82) is 0 Å². The fourth-order valence-electron chi connectivity index (χ4n) is 1.90. The third-order valence-corrected chi connectivity index (χ3v) is 4.58. The van der Waals surface area contributed by atoms with Crippen molar-refractivity contribution >= 4 is 28.6 Å². The molecule has 0 saturated heterocycles. The summed E-state index contributed by atoms with van der Waals surface area (Å²) in [5.74, 6) is -0.921. The first kappa shape index (κ1) is 17.4. The topological polar surface area (TPSA) is 48.4 Å². The molecule has 3 rings (SSSR count). The third-order valence-electron chi connectivity index (χ3n) is 3.01. The number of aromatic nitrogens is 1. The van der Waals surface area contributed by atoms with E-state index < -0.39 is 12.3 Å². The van der Waals surface area contributed by atoms with Gasteiger partial charge in [-0.2, -0.15) is 11.3 Å². The molecule has 0 fully saturated rings. The molecular weight excluding hydrogens is 375 g/mol. The van der Waals surface area contributed by atoms with Gasteiger partial charge in [0.05, 0.1) is 0 Å². The lowest BCUT2D eigenvalue weighted by Gasteiger charge is -2.09. The number of esters is 1. The maximum Gasteiger partial charge on any atom is 0.573 e. The van der Waals surface area contributed by atoms with Crippen LogP contribution in [0.15, 0.2) is 46.5 Å². The number of carbonyl (C=O) groups excluding carboxylic acids is 1. The number of rotatable bonds is 5. The smallest absolute Gasteiger partial charge is 0.456 e. The summed E-state index contributed by atoms with van der Waals surface area (Å²) in [6, 6.07) is 7.02. The number of carbonyl (C=O) groups is 1. The Kier molecular flexibility index (Phi) is 5.05. The van der Waals surface area contributed by atoms with Gasteiger partial charge in [0, 0.05) is 16.3 Å². The Morgan fingerprint density at radius 1 is 1.12 bits per heavy atom. The molecule has 0 unspecified atom stereocenters. The van der Waals surface area contributed by atoms with E-state index in [0.29, 0.717) is 5.56 Å². The van der Waals surface area contributed by atoms with E-state index in [-0.39, 0.29) is 18.1 Å². The number of halogens is 3. The van der Waals surface area contributed by atoms with E-state index in [9.17, 15) is 18.0 Å². The molecule has 3 aromatic rings. The zero-order valence-electron chi connectivity index (χ0n) is 12.4. The molecule has 25 heavy (non-hydrogen) atoms. The molecule has 2 aromatic heterocycles. The fraction of sp³-hybridized carbons (Fsp3) is 0.125. The van der Waals surface area contributed by atoms with E-state index >= 15 is 0 Å². The Labute approximate surface area is 148 Å². The highest BCUT2D eigenvalue weighted by atomic mass is 32.1. The van der Waals surface area contributed by atoms with Gasteiger partial charge in [-0.25, -0.2) is 9.78 Å². The molecule has 2 heterocycles. The maximum absolute atomic E-state index is 12.1. The average Bonchev–Trinajstić information content (AvgIpc) is 3.23. The monoisotopic (exact) mass is 385 g/mol. The molecule has 0 bridgehead atoms. The van der Waals surface area contributed by atoms with Gasteiger partial charge in [-0.1, -0.05) is 12.1 Å². The van der Waals surface area contributed by atoms with Crippen molar-refractivity contribution in [2.24, 2.45) is 0 Å². The first-order valence-electron chi connectivity index (χ1n) is 6.90. The number of ether oxygens (including phenoxy) is 2. The van der Waals surface area contributed by atoms with Crippen LogP contribution >= 0.6 is 22.7 Å². The lowest BCUT2D eigenvalue weighted by molar-refractivity contribution is -0.274. The Bertz CT molecular complexity index is 842. The van der Waals surface area contributed by atoms with Gasteiger partial charge in [0.1, 0.15) is 17.4 Å². The van der Waals surface area contributed by atoms with E-state index in [1.165, 1.54) is 34.8 Å². The highest BCUT2D eigenvalue weighted by Crippen LogP contribution is 2.26. The Balaban J connectivity index is 1.57. The summed E-state index contributed by atoms with van der Waals surface area (Å²) >= 11 is 2.87. The Morgan fingerprint density at radius 2 is 1.88 bits per heavy atom. The minimum atomic E-state index is -4.74. The van der Waals surface area contributed by atoms with Crippen molar-refractivity contribution in [2.45, 2.75) is 13.0 Å². The number of thiazole rings is 1. The molecule has 0 aliphatic rings. The Hall–Kier alpha value is -2.39. The molecule has 0 spiro atoms. The molecule has 0 amide bonds. The van der Waals surface area contributed by atoms with Crippen LogP contribution in [0.5, 0.6) is 5.75 Å². The standard InChI is InChI=1S/C16H10F3NO3S2/c17-16(18,19)23-12-3-1-10(2-4-12)7-22-15(21)13-9-25-14(20-13)11-5-6-24-8-11/h1-6,8-9H,7H2. The van der Waals surface area contributed by atoms with Gasteiger partial charge in [0.25, 0.3) is 0 Å². The molecule has 0 saturated carbocycles. The molecule has 0 aliphatic heterocycles. The van der Waals surface area contributed by atoms with E-state index in [1.54, 1.807) is 5.38 Å². The second-order valence-corrected chi connectivity index (χ2v) is 6.46. The zero-order chi connectivity index (χ0) is 17.9. The number of nitrogens with zero attached hydrogens (tertiary/aromatic N) is 1. The van der Waals surface area contributed by atoms with E-state index in [4.69, 9.17) is 4.74 Å². The van der Waals surface area contributed by atoms with Crippen LogP contribution in [-0.2, 0) is 11.3 Å². The van der Waals surface area contributed by atoms with E-state index in [2.05, 4.69) is 9.72 Å². The fourth-order valence-corrected chi connectivity index (χ4v) is 3.40. The van der Waals surface area contributed by atoms with Gasteiger partial charge < -0.3 is 9.47 Å². The number of hydrogen-bond donors (Lipinski definition) is 0. The van der Waals surface area contributed by atoms with Gasteiger partial charge in [-0.3, -0.25) is 0 Å². The molecule has 0 atom stereocenters. The van der Waals surface area contributed by atoms with E-state index in [0.717, 1.165) is 22.7 Å². The minimum Gasteiger partial charge on any atom is -0.456 e. The van der Waals surface area contributed by atoms with Crippen molar-refractivity contribution in [3.63, 3.8) is 0 Å². The molecule has 130 valence electrons. The molecule has 0 N–H and O–H groups in total. The van der Waals surface area contributed by atoms with Crippen LogP contribution in [-0.4, -0.2) is 17.3 Å². The van der Waals surface area contributed by atoms with Gasteiger partial charge in [-0.05, 0) is 29.1 Å². The van der Waals surface area contributed by atoms with Crippen LogP contribution in [0, 0.1) is 0 Å². The van der Waals surface area contributed by atoms with Crippen LogP contribution in [0.25, 0.3) is 10.6 Å². The SMILES string of the molecule is O=C(OCc1ccc(OC(F)(F)F)cc1)c1csc(-c2ccsc2)n1. The zero-order valence-corrected chi connectivity index (χ0v) is 14.1. The first-order chi connectivity index (χ1) is 11.9. The number of hydrogen-bond acceptors (Lipinski definition) is 6. The van der Waals surface area contributed by atoms with Crippen molar-refractivity contribution in [3.05, 3.63) is 57.7 Å².